The Morgan fingerprint density at radius 1 is 1.07 bits per heavy atom. The van der Waals surface area contributed by atoms with Gasteiger partial charge >= 0.3 is 6.03 Å². The number of amides is 2. The monoisotopic (exact) mass is 577 g/mol. The molecule has 11 nitrogen and oxygen atoms in total. The fourth-order valence-corrected chi connectivity index (χ4v) is 7.22. The lowest BCUT2D eigenvalue weighted by atomic mass is 10.1. The molecule has 1 atom stereocenters. The third-order valence-electron chi connectivity index (χ3n) is 7.10. The minimum atomic E-state index is -3.68. The van der Waals surface area contributed by atoms with E-state index < -0.39 is 20.6 Å². The van der Waals surface area contributed by atoms with Gasteiger partial charge in [-0.25, -0.2) is 28.2 Å². The maximum atomic E-state index is 13.8. The van der Waals surface area contributed by atoms with Gasteiger partial charge in [0.2, 0.25) is 5.13 Å². The molecule has 1 aliphatic heterocycles. The number of carbonyl (C=O) groups is 1. The highest BCUT2D eigenvalue weighted by Crippen LogP contribution is 2.55. The molecule has 6 rings (SSSR count). The lowest BCUT2D eigenvalue weighted by Crippen LogP contribution is -2.44. The fourth-order valence-electron chi connectivity index (χ4n) is 4.80. The van der Waals surface area contributed by atoms with E-state index in [-0.39, 0.29) is 10.9 Å². The molecule has 13 heteroatoms. The van der Waals surface area contributed by atoms with Crippen LogP contribution in [0.1, 0.15) is 25.5 Å². The smallest absolute Gasteiger partial charge is 0.325 e. The van der Waals surface area contributed by atoms with E-state index in [0.717, 1.165) is 11.5 Å². The van der Waals surface area contributed by atoms with Crippen LogP contribution in [-0.4, -0.2) is 59.6 Å². The lowest BCUT2D eigenvalue weighted by molar-refractivity contribution is 0.0985. The van der Waals surface area contributed by atoms with Gasteiger partial charge in [-0.3, -0.25) is 5.32 Å². The third-order valence-corrected chi connectivity index (χ3v) is 10.2. The van der Waals surface area contributed by atoms with Crippen LogP contribution in [-0.2, 0) is 19.3 Å². The molecule has 0 unspecified atom stereocenters. The zero-order chi connectivity index (χ0) is 27.7. The van der Waals surface area contributed by atoms with Crippen LogP contribution in [0.2, 0.25) is 0 Å². The summed E-state index contributed by atoms with van der Waals surface area (Å²) in [5.74, 6) is 1.09. The van der Waals surface area contributed by atoms with Crippen LogP contribution in [0.15, 0.2) is 71.9 Å². The molecule has 1 saturated heterocycles. The second kappa shape index (κ2) is 10.6. The van der Waals surface area contributed by atoms with E-state index in [0.29, 0.717) is 66.3 Å². The number of rotatable bonds is 7. The molecule has 2 amide bonds. The van der Waals surface area contributed by atoms with E-state index >= 15 is 0 Å². The summed E-state index contributed by atoms with van der Waals surface area (Å²) in [4.78, 5) is 28.3. The number of ether oxygens (including phenoxy) is 1. The van der Waals surface area contributed by atoms with Gasteiger partial charge in [-0.1, -0.05) is 18.2 Å². The molecule has 40 heavy (non-hydrogen) atoms. The minimum absolute atomic E-state index is 0.0726. The normalized spacial score (nSPS) is 18.2. The quantitative estimate of drug-likeness (QED) is 0.329. The molecule has 2 fully saturated rings. The number of aromatic nitrogens is 4. The molecule has 1 saturated carbocycles. The molecular weight excluding hydrogens is 550 g/mol. The van der Waals surface area contributed by atoms with E-state index in [9.17, 15) is 13.2 Å². The van der Waals surface area contributed by atoms with Crippen LogP contribution in [0.4, 0.5) is 21.4 Å². The molecule has 1 aliphatic carbocycles. The molecular formula is C27H27N7O4S2. The Morgan fingerprint density at radius 2 is 1.85 bits per heavy atom. The van der Waals surface area contributed by atoms with Gasteiger partial charge in [-0.2, -0.15) is 4.37 Å². The Labute approximate surface area is 235 Å². The largest absolute Gasteiger partial charge is 0.377 e. The van der Waals surface area contributed by atoms with Gasteiger partial charge in [-0.05, 0) is 56.2 Å². The molecule has 206 valence electrons. The van der Waals surface area contributed by atoms with Crippen LogP contribution >= 0.6 is 11.5 Å². The predicted molar refractivity (Wildman–Crippen MR) is 152 cm³/mol. The summed E-state index contributed by atoms with van der Waals surface area (Å²) in [6.07, 6.45) is 2.35. The van der Waals surface area contributed by atoms with Crippen molar-refractivity contribution in [2.45, 2.75) is 35.4 Å². The topological polar surface area (TPSA) is 139 Å². The van der Waals surface area contributed by atoms with Gasteiger partial charge in [0.1, 0.15) is 16.9 Å². The average Bonchev–Trinajstić information content (AvgIpc) is 3.65. The van der Waals surface area contributed by atoms with E-state index in [1.54, 1.807) is 54.6 Å². The molecule has 0 radical (unpaired) electrons. The van der Waals surface area contributed by atoms with E-state index in [1.165, 1.54) is 6.33 Å². The summed E-state index contributed by atoms with van der Waals surface area (Å²) in [7, 11) is -3.68. The Balaban J connectivity index is 1.35. The number of benzene rings is 2. The Bertz CT molecular complexity index is 1610. The van der Waals surface area contributed by atoms with Crippen LogP contribution in [0.5, 0.6) is 0 Å². The zero-order valence-corrected chi connectivity index (χ0v) is 23.3. The second-order valence-corrected chi connectivity index (χ2v) is 12.8. The van der Waals surface area contributed by atoms with E-state index in [1.807, 2.05) is 6.07 Å². The average molecular weight is 578 g/mol. The third kappa shape index (κ3) is 5.03. The number of urea groups is 1. The number of anilines is 3. The highest BCUT2D eigenvalue weighted by atomic mass is 32.2. The number of nitrogens with zero attached hydrogens (tertiary/aromatic N) is 5. The minimum Gasteiger partial charge on any atom is -0.377 e. The summed E-state index contributed by atoms with van der Waals surface area (Å²) in [5.41, 5.74) is 1.76. The van der Waals surface area contributed by atoms with Gasteiger partial charge in [0.05, 0.1) is 29.8 Å². The Kier molecular flexibility index (Phi) is 6.94. The molecule has 2 aromatic carbocycles. The van der Waals surface area contributed by atoms with Crippen molar-refractivity contribution in [3.8, 4) is 11.4 Å². The highest BCUT2D eigenvalue weighted by Gasteiger charge is 2.58. The number of hydrogen-bond acceptors (Lipinski definition) is 10. The molecule has 0 bridgehead atoms. The van der Waals surface area contributed by atoms with Gasteiger partial charge in [0.15, 0.2) is 15.7 Å². The Morgan fingerprint density at radius 3 is 2.52 bits per heavy atom. The molecule has 4 aromatic rings. The molecule has 0 spiro atoms. The number of carbonyl (C=O) groups excluding carboxylic acids is 1. The van der Waals surface area contributed by atoms with Crippen molar-refractivity contribution in [2.75, 3.05) is 35.3 Å². The van der Waals surface area contributed by atoms with Crippen LogP contribution in [0, 0.1) is 0 Å². The van der Waals surface area contributed by atoms with Crippen molar-refractivity contribution in [1.82, 2.24) is 19.3 Å². The first kappa shape index (κ1) is 26.3. The summed E-state index contributed by atoms with van der Waals surface area (Å²) >= 11 is 1.08. The fraction of sp³-hybridized carbons (Fsp3) is 0.296. The standard InChI is InChI=1S/C27H27N7O4S2/c1-18-16-38-14-13-34(18)23-15-22(27(11-12-27)40(36,37)21-5-3-2-4-6-21)31-24(32-23)19-7-9-20(10-8-19)30-25(35)33-26-28-17-29-39-26/h2-10,15,17-18H,11-14,16H2,1H3,(H2,28,29,30,33,35)/t18-/m0/s1. The van der Waals surface area contributed by atoms with Crippen molar-refractivity contribution in [3.63, 3.8) is 0 Å². The number of nitrogens with one attached hydrogen (secondary N) is 2. The van der Waals surface area contributed by atoms with Crippen molar-refractivity contribution in [1.29, 1.82) is 0 Å². The van der Waals surface area contributed by atoms with Crippen LogP contribution in [0.25, 0.3) is 11.4 Å². The van der Waals surface area contributed by atoms with Crippen molar-refractivity contribution in [2.24, 2.45) is 0 Å². The SMILES string of the molecule is C[C@H]1COCCN1c1cc(C2(S(=O)(=O)c3ccccc3)CC2)nc(-c2ccc(NC(=O)Nc3ncns3)cc2)n1. The van der Waals surface area contributed by atoms with Crippen LogP contribution in [0.3, 0.4) is 0 Å². The summed E-state index contributed by atoms with van der Waals surface area (Å²) in [6.45, 7) is 3.82. The second-order valence-electron chi connectivity index (χ2n) is 9.77. The molecule has 2 aromatic heterocycles. The molecule has 2 N–H and O–H groups in total. The maximum absolute atomic E-state index is 13.8. The first-order chi connectivity index (χ1) is 19.4. The molecule has 2 aliphatic rings. The predicted octanol–water partition coefficient (Wildman–Crippen LogP) is 4.33. The highest BCUT2D eigenvalue weighted by molar-refractivity contribution is 7.92. The van der Waals surface area contributed by atoms with Gasteiger partial charge in [0.25, 0.3) is 0 Å². The van der Waals surface area contributed by atoms with Gasteiger partial charge in [0, 0.05) is 35.4 Å². The summed E-state index contributed by atoms with van der Waals surface area (Å²) < 4.78 is 36.0. The number of sulfone groups is 1. The van der Waals surface area contributed by atoms with Crippen molar-refractivity contribution in [3.05, 3.63) is 72.7 Å². The van der Waals surface area contributed by atoms with E-state index in [4.69, 9.17) is 14.7 Å². The first-order valence-electron chi connectivity index (χ1n) is 12.8. The summed E-state index contributed by atoms with van der Waals surface area (Å²) in [5, 5.41) is 5.77. The van der Waals surface area contributed by atoms with Crippen LogP contribution < -0.4 is 15.5 Å². The van der Waals surface area contributed by atoms with Crippen molar-refractivity contribution < 1.29 is 17.9 Å². The lowest BCUT2D eigenvalue weighted by Gasteiger charge is -2.34. The number of morpholine rings is 1. The first-order valence-corrected chi connectivity index (χ1v) is 15.1. The summed E-state index contributed by atoms with van der Waals surface area (Å²) in [6, 6.07) is 17.1. The van der Waals surface area contributed by atoms with Crippen molar-refractivity contribution >= 4 is 44.0 Å². The van der Waals surface area contributed by atoms with E-state index in [2.05, 4.69) is 31.8 Å². The van der Waals surface area contributed by atoms with Gasteiger partial charge in [-0.15, -0.1) is 0 Å². The number of hydrogen-bond donors (Lipinski definition) is 2. The molecule has 3 heterocycles. The zero-order valence-electron chi connectivity index (χ0n) is 21.6. The maximum Gasteiger partial charge on any atom is 0.325 e. The van der Waals surface area contributed by atoms with Gasteiger partial charge < -0.3 is 15.0 Å². The Hall–Kier alpha value is -3.94.